The van der Waals surface area contributed by atoms with E-state index in [1.165, 1.54) is 12.1 Å². The number of halogens is 3. The van der Waals surface area contributed by atoms with E-state index in [1.54, 1.807) is 30.5 Å². The van der Waals surface area contributed by atoms with Crippen molar-refractivity contribution in [3.05, 3.63) is 65.4 Å². The van der Waals surface area contributed by atoms with Crippen LogP contribution in [0.15, 0.2) is 48.7 Å². The van der Waals surface area contributed by atoms with Gasteiger partial charge in [-0.1, -0.05) is 18.2 Å². The van der Waals surface area contributed by atoms with Crippen molar-refractivity contribution in [3.8, 4) is 0 Å². The van der Waals surface area contributed by atoms with Gasteiger partial charge in [0.2, 0.25) is 0 Å². The first-order valence-electron chi connectivity index (χ1n) is 10.2. The molecule has 0 radical (unpaired) electrons. The minimum atomic E-state index is -4.69. The summed E-state index contributed by atoms with van der Waals surface area (Å²) in [5, 5.41) is 6.04. The molecule has 32 heavy (non-hydrogen) atoms. The third kappa shape index (κ3) is 3.34. The number of rotatable bonds is 3. The minimum Gasteiger partial charge on any atom is -0.369 e. The highest BCUT2D eigenvalue weighted by Gasteiger charge is 2.40. The first-order valence-corrected chi connectivity index (χ1v) is 10.2. The van der Waals surface area contributed by atoms with E-state index in [4.69, 9.17) is 0 Å². The number of imide groups is 1. The van der Waals surface area contributed by atoms with E-state index in [0.29, 0.717) is 48.3 Å². The Morgan fingerprint density at radius 2 is 1.56 bits per heavy atom. The monoisotopic (exact) mass is 440 g/mol. The van der Waals surface area contributed by atoms with Gasteiger partial charge in [-0.25, -0.2) is 0 Å². The zero-order valence-electron chi connectivity index (χ0n) is 16.8. The number of anilines is 1. The lowest BCUT2D eigenvalue weighted by molar-refractivity contribution is -0.137. The second kappa shape index (κ2) is 7.52. The molecule has 0 atom stereocenters. The van der Waals surface area contributed by atoms with Gasteiger partial charge in [0.1, 0.15) is 0 Å². The molecule has 164 valence electrons. The molecule has 0 saturated carbocycles. The summed E-state index contributed by atoms with van der Waals surface area (Å²) >= 11 is 0. The summed E-state index contributed by atoms with van der Waals surface area (Å²) in [4.78, 5) is 30.5. The molecule has 9 heteroatoms. The molecule has 1 saturated heterocycles. The van der Waals surface area contributed by atoms with Gasteiger partial charge in [0.15, 0.2) is 0 Å². The first kappa shape index (κ1) is 20.3. The molecule has 3 N–H and O–H groups in total. The summed E-state index contributed by atoms with van der Waals surface area (Å²) < 4.78 is 41.9. The van der Waals surface area contributed by atoms with Crippen LogP contribution in [0.2, 0.25) is 0 Å². The molecule has 5 rings (SSSR count). The molecule has 0 aliphatic carbocycles. The first-order chi connectivity index (χ1) is 15.3. The number of fused-ring (bicyclic) bond motifs is 1. The predicted octanol–water partition coefficient (Wildman–Crippen LogP) is 3.16. The highest BCUT2D eigenvalue weighted by atomic mass is 19.4. The van der Waals surface area contributed by atoms with E-state index in [-0.39, 0.29) is 16.7 Å². The van der Waals surface area contributed by atoms with Crippen molar-refractivity contribution in [2.45, 2.75) is 6.18 Å². The molecule has 2 aromatic carbocycles. The van der Waals surface area contributed by atoms with Crippen LogP contribution in [0.25, 0.3) is 22.0 Å². The van der Waals surface area contributed by atoms with Gasteiger partial charge in [0, 0.05) is 60.1 Å². The fourth-order valence-corrected chi connectivity index (χ4v) is 4.35. The van der Waals surface area contributed by atoms with E-state index in [2.05, 4.69) is 15.6 Å². The maximum Gasteiger partial charge on any atom is 0.417 e. The van der Waals surface area contributed by atoms with E-state index in [9.17, 15) is 22.8 Å². The van der Waals surface area contributed by atoms with Crippen LogP contribution in [0.3, 0.4) is 0 Å². The van der Waals surface area contributed by atoms with Crippen LogP contribution >= 0.6 is 0 Å². The molecule has 0 bridgehead atoms. The molecule has 1 fully saturated rings. The number of hydrogen-bond donors (Lipinski definition) is 3. The van der Waals surface area contributed by atoms with Crippen LogP contribution in [0.5, 0.6) is 0 Å². The number of piperazine rings is 1. The number of alkyl halides is 3. The highest BCUT2D eigenvalue weighted by Crippen LogP contribution is 2.42. The van der Waals surface area contributed by atoms with Crippen LogP contribution in [0.1, 0.15) is 16.7 Å². The van der Waals surface area contributed by atoms with Crippen molar-refractivity contribution in [3.63, 3.8) is 0 Å². The third-order valence-corrected chi connectivity index (χ3v) is 5.85. The number of H-pyrrole nitrogens is 1. The number of aromatic amines is 1. The Balaban J connectivity index is 1.76. The largest absolute Gasteiger partial charge is 0.417 e. The number of carbonyl (C=O) groups excluding carboxylic acids is 2. The van der Waals surface area contributed by atoms with Gasteiger partial charge < -0.3 is 15.2 Å². The fraction of sp³-hybridized carbons (Fsp3) is 0.217. The molecular formula is C23H19F3N4O2. The van der Waals surface area contributed by atoms with Crippen molar-refractivity contribution in [1.29, 1.82) is 0 Å². The van der Waals surface area contributed by atoms with Crippen molar-refractivity contribution >= 4 is 39.6 Å². The Bertz CT molecular complexity index is 1270. The average Bonchev–Trinajstić information content (AvgIpc) is 3.32. The zero-order valence-corrected chi connectivity index (χ0v) is 16.8. The normalized spacial score (nSPS) is 17.4. The molecule has 3 aromatic rings. The van der Waals surface area contributed by atoms with Crippen LogP contribution in [0.4, 0.5) is 18.9 Å². The number of carbonyl (C=O) groups is 2. The van der Waals surface area contributed by atoms with Gasteiger partial charge in [-0.15, -0.1) is 0 Å². The number of amides is 2. The second-order valence-corrected chi connectivity index (χ2v) is 7.75. The lowest BCUT2D eigenvalue weighted by Gasteiger charge is -2.30. The van der Waals surface area contributed by atoms with E-state index in [1.807, 2.05) is 4.90 Å². The van der Waals surface area contributed by atoms with Crippen LogP contribution in [0, 0.1) is 0 Å². The van der Waals surface area contributed by atoms with Crippen LogP contribution in [-0.4, -0.2) is 43.0 Å². The highest BCUT2D eigenvalue weighted by molar-refractivity contribution is 6.50. The Morgan fingerprint density at radius 3 is 2.28 bits per heavy atom. The number of hydrogen-bond acceptors (Lipinski definition) is 4. The molecule has 2 aliphatic rings. The summed E-state index contributed by atoms with van der Waals surface area (Å²) in [6.45, 7) is 2.67. The molecule has 1 aromatic heterocycles. The number of aromatic nitrogens is 1. The standard InChI is InChI=1S/C23H19F3N4O2/c24-23(25,26)17-6-5-13(30-9-7-27-8-10-30)11-15(17)19-20(22(32)29-21(19)31)16-12-28-18-4-2-1-3-14(16)18/h1-6,11-12,27-28H,7-10H2,(H,29,31,32). The molecular weight excluding hydrogens is 421 g/mol. The minimum absolute atomic E-state index is 0.0598. The SMILES string of the molecule is O=C1NC(=O)C(c2c[nH]c3ccccc23)=C1c1cc(N2CCNCC2)ccc1C(F)(F)F. The van der Waals surface area contributed by atoms with Crippen LogP contribution in [-0.2, 0) is 15.8 Å². The smallest absolute Gasteiger partial charge is 0.369 e. The van der Waals surface area contributed by atoms with E-state index in [0.717, 1.165) is 6.07 Å². The maximum absolute atomic E-state index is 14.0. The Morgan fingerprint density at radius 1 is 0.875 bits per heavy atom. The summed E-state index contributed by atoms with van der Waals surface area (Å²) in [6.07, 6.45) is -3.15. The lowest BCUT2D eigenvalue weighted by atomic mass is 9.92. The number of benzene rings is 2. The second-order valence-electron chi connectivity index (χ2n) is 7.75. The van der Waals surface area contributed by atoms with Crippen molar-refractivity contribution in [1.82, 2.24) is 15.6 Å². The molecule has 3 heterocycles. The van der Waals surface area contributed by atoms with Crippen LogP contribution < -0.4 is 15.5 Å². The van der Waals surface area contributed by atoms with Gasteiger partial charge in [0.05, 0.1) is 16.7 Å². The summed E-state index contributed by atoms with van der Waals surface area (Å²) in [5.41, 5.74) is 0.115. The van der Waals surface area contributed by atoms with E-state index >= 15 is 0 Å². The number of para-hydroxylation sites is 1. The van der Waals surface area contributed by atoms with Gasteiger partial charge in [0.25, 0.3) is 11.8 Å². The molecule has 2 aliphatic heterocycles. The Labute approximate surface area is 181 Å². The van der Waals surface area contributed by atoms with E-state index < -0.39 is 23.6 Å². The quantitative estimate of drug-likeness (QED) is 0.547. The third-order valence-electron chi connectivity index (χ3n) is 5.85. The predicted molar refractivity (Wildman–Crippen MR) is 115 cm³/mol. The van der Waals surface area contributed by atoms with Crippen molar-refractivity contribution < 1.29 is 22.8 Å². The summed E-state index contributed by atoms with van der Waals surface area (Å²) in [6, 6.07) is 10.9. The van der Waals surface area contributed by atoms with Gasteiger partial charge in [-0.2, -0.15) is 13.2 Å². The average molecular weight is 440 g/mol. The number of nitrogens with one attached hydrogen (secondary N) is 3. The topological polar surface area (TPSA) is 77.2 Å². The number of nitrogens with zero attached hydrogens (tertiary/aromatic N) is 1. The molecule has 6 nitrogen and oxygen atoms in total. The molecule has 2 amide bonds. The maximum atomic E-state index is 14.0. The van der Waals surface area contributed by atoms with Crippen molar-refractivity contribution in [2.24, 2.45) is 0 Å². The van der Waals surface area contributed by atoms with Gasteiger partial charge >= 0.3 is 6.18 Å². The zero-order chi connectivity index (χ0) is 22.5. The molecule has 0 spiro atoms. The molecule has 0 unspecified atom stereocenters. The lowest BCUT2D eigenvalue weighted by Crippen LogP contribution is -2.43. The summed E-state index contributed by atoms with van der Waals surface area (Å²) in [7, 11) is 0. The van der Waals surface area contributed by atoms with Gasteiger partial charge in [-0.3, -0.25) is 14.9 Å². The summed E-state index contributed by atoms with van der Waals surface area (Å²) in [5.74, 6) is -1.55. The Hall–Kier alpha value is -3.59. The van der Waals surface area contributed by atoms with Gasteiger partial charge in [-0.05, 0) is 24.3 Å². The Kier molecular flexibility index (Phi) is 4.78. The van der Waals surface area contributed by atoms with Crippen molar-refractivity contribution in [2.75, 3.05) is 31.1 Å². The fourth-order valence-electron chi connectivity index (χ4n) is 4.35.